The molecule has 1 N–H and O–H groups in total. The van der Waals surface area contributed by atoms with Gasteiger partial charge in [-0.1, -0.05) is 25.1 Å². The number of fused-ring (bicyclic) bond motifs is 5. The van der Waals surface area contributed by atoms with Crippen molar-refractivity contribution in [2.75, 3.05) is 26.0 Å². The maximum Gasteiger partial charge on any atom is 0.123 e. The van der Waals surface area contributed by atoms with Crippen LogP contribution in [0.25, 0.3) is 0 Å². The predicted molar refractivity (Wildman–Crippen MR) is 125 cm³/mol. The summed E-state index contributed by atoms with van der Waals surface area (Å²) in [6, 6.07) is 8.97. The van der Waals surface area contributed by atoms with Crippen molar-refractivity contribution in [2.45, 2.75) is 82.1 Å². The van der Waals surface area contributed by atoms with Crippen LogP contribution in [0.4, 0.5) is 0 Å². The van der Waals surface area contributed by atoms with E-state index in [0.29, 0.717) is 18.6 Å². The van der Waals surface area contributed by atoms with E-state index >= 15 is 0 Å². The molecular formula is C24H38N2O3S. The third kappa shape index (κ3) is 5.39. The van der Waals surface area contributed by atoms with Crippen molar-refractivity contribution in [3.63, 3.8) is 0 Å². The fourth-order valence-electron chi connectivity index (χ4n) is 5.42. The maximum atomic E-state index is 12.4. The second kappa shape index (κ2) is 9.60. The first-order chi connectivity index (χ1) is 14.4. The van der Waals surface area contributed by atoms with Crippen LogP contribution in [-0.4, -0.2) is 65.2 Å². The Morgan fingerprint density at radius 2 is 1.97 bits per heavy atom. The molecule has 0 amide bonds. The first kappa shape index (κ1) is 22.1. The monoisotopic (exact) mass is 434 g/mol. The molecular weight excluding hydrogens is 396 g/mol. The average Bonchev–Trinajstić information content (AvgIpc) is 2.74. The van der Waals surface area contributed by atoms with Crippen molar-refractivity contribution in [3.05, 3.63) is 29.8 Å². The first-order valence-corrected chi connectivity index (χ1v) is 13.8. The van der Waals surface area contributed by atoms with E-state index in [9.17, 15) is 4.21 Å². The molecule has 2 unspecified atom stereocenters. The number of hydrogen-bond donors (Lipinski definition) is 1. The van der Waals surface area contributed by atoms with Crippen LogP contribution in [0.3, 0.4) is 0 Å². The third-order valence-corrected chi connectivity index (χ3v) is 7.82. The summed E-state index contributed by atoms with van der Waals surface area (Å²) in [5, 5.41) is 0. The molecule has 168 valence electrons. The Hall–Kier alpha value is -1.08. The molecule has 0 spiro atoms. The quantitative estimate of drug-likeness (QED) is 0.739. The van der Waals surface area contributed by atoms with Gasteiger partial charge in [0.1, 0.15) is 11.9 Å². The summed E-state index contributed by atoms with van der Waals surface area (Å²) in [4.78, 5) is 2.51. The average molecular weight is 435 g/mol. The van der Waals surface area contributed by atoms with Gasteiger partial charge in [0.05, 0.1) is 12.7 Å². The summed E-state index contributed by atoms with van der Waals surface area (Å²) in [7, 11) is -2.26. The van der Waals surface area contributed by atoms with E-state index in [4.69, 9.17) is 9.47 Å². The maximum absolute atomic E-state index is 12.4. The first-order valence-electron chi connectivity index (χ1n) is 11.6. The molecule has 2 fully saturated rings. The van der Waals surface area contributed by atoms with E-state index in [-0.39, 0.29) is 18.2 Å². The van der Waals surface area contributed by atoms with Gasteiger partial charge in [-0.2, -0.15) is 0 Å². The summed E-state index contributed by atoms with van der Waals surface area (Å²) in [6.45, 7) is 4.79. The number of ether oxygens (including phenoxy) is 2. The summed E-state index contributed by atoms with van der Waals surface area (Å²) in [6.07, 6.45) is 9.72. The molecule has 5 nitrogen and oxygen atoms in total. The molecule has 4 aliphatic rings. The van der Waals surface area contributed by atoms with Gasteiger partial charge in [0, 0.05) is 34.6 Å². The molecule has 1 aromatic rings. The number of benzene rings is 1. The smallest absolute Gasteiger partial charge is 0.123 e. The lowest BCUT2D eigenvalue weighted by Gasteiger charge is -2.43. The normalized spacial score (nSPS) is 34.9. The predicted octanol–water partition coefficient (Wildman–Crippen LogP) is 3.58. The lowest BCUT2D eigenvalue weighted by molar-refractivity contribution is -0.0334. The molecule has 30 heavy (non-hydrogen) atoms. The largest absolute Gasteiger partial charge is 0.489 e. The molecule has 1 saturated heterocycles. The standard InChI is InChI=1S/C24H38N2O3S/c1-4-19-16-26-15-7-9-22(25-30(2,3)27)23(26)17-28-20-13-11-18(12-14-20)21-8-5-6-10-24(21)29-19/h5-6,8,10,18-20,22-23H,2,4,7,9,11-17H2,1,3H3,(H,25,27)/t18?,19-,20?,22+,23?,30?/m1/s1. The number of hydrogen-bond acceptors (Lipinski definition) is 4. The highest BCUT2D eigenvalue weighted by molar-refractivity contribution is 7.97. The molecule has 3 aliphatic heterocycles. The van der Waals surface area contributed by atoms with Crippen LogP contribution in [0.1, 0.15) is 63.4 Å². The van der Waals surface area contributed by atoms with E-state index < -0.39 is 9.71 Å². The van der Waals surface area contributed by atoms with Crippen molar-refractivity contribution in [1.29, 1.82) is 0 Å². The number of nitrogens with zero attached hydrogens (tertiary/aromatic N) is 1. The zero-order valence-electron chi connectivity index (χ0n) is 18.6. The molecule has 4 atom stereocenters. The highest BCUT2D eigenvalue weighted by Crippen LogP contribution is 2.39. The van der Waals surface area contributed by atoms with Gasteiger partial charge in [-0.3, -0.25) is 9.11 Å². The van der Waals surface area contributed by atoms with Crippen molar-refractivity contribution in [2.24, 2.45) is 0 Å². The molecule has 1 aliphatic carbocycles. The SMILES string of the molecule is C=S(C)(=O)N[C@H]1CCCN2C[C@@H](CC)Oc3ccccc3C3CCC(CC3)OCC12. The zero-order chi connectivity index (χ0) is 21.1. The van der Waals surface area contributed by atoms with Crippen LogP contribution in [0.2, 0.25) is 0 Å². The van der Waals surface area contributed by atoms with E-state index in [2.05, 4.69) is 46.7 Å². The summed E-state index contributed by atoms with van der Waals surface area (Å²) >= 11 is 0. The van der Waals surface area contributed by atoms with E-state index in [0.717, 1.165) is 63.8 Å². The van der Waals surface area contributed by atoms with Crippen molar-refractivity contribution < 1.29 is 13.7 Å². The van der Waals surface area contributed by atoms with E-state index in [1.165, 1.54) is 5.56 Å². The minimum atomic E-state index is -2.26. The van der Waals surface area contributed by atoms with Crippen LogP contribution >= 0.6 is 0 Å². The molecule has 3 heterocycles. The fourth-order valence-corrected chi connectivity index (χ4v) is 6.34. The summed E-state index contributed by atoms with van der Waals surface area (Å²) in [5.41, 5.74) is 1.37. The Kier molecular flexibility index (Phi) is 7.08. The Balaban J connectivity index is 1.62. The molecule has 1 saturated carbocycles. The lowest BCUT2D eigenvalue weighted by Crippen LogP contribution is -2.58. The van der Waals surface area contributed by atoms with Crippen molar-refractivity contribution in [3.8, 4) is 5.75 Å². The number of rotatable bonds is 3. The van der Waals surface area contributed by atoms with Crippen LogP contribution in [0.15, 0.2) is 24.3 Å². The molecule has 1 aromatic carbocycles. The van der Waals surface area contributed by atoms with Gasteiger partial charge in [0.15, 0.2) is 0 Å². The van der Waals surface area contributed by atoms with E-state index in [1.807, 2.05) is 0 Å². The van der Waals surface area contributed by atoms with Crippen molar-refractivity contribution >= 4 is 15.6 Å². The number of piperidine rings is 1. The molecule has 5 rings (SSSR count). The Bertz CT molecular complexity index is 804. The molecule has 2 bridgehead atoms. The highest BCUT2D eigenvalue weighted by atomic mass is 32.2. The third-order valence-electron chi connectivity index (χ3n) is 7.02. The van der Waals surface area contributed by atoms with Gasteiger partial charge in [-0.15, -0.1) is 0 Å². The van der Waals surface area contributed by atoms with Gasteiger partial charge in [0.25, 0.3) is 0 Å². The Morgan fingerprint density at radius 1 is 1.20 bits per heavy atom. The van der Waals surface area contributed by atoms with Crippen LogP contribution in [0.5, 0.6) is 5.75 Å². The minimum absolute atomic E-state index is 0.135. The van der Waals surface area contributed by atoms with E-state index in [1.54, 1.807) is 6.26 Å². The Labute approximate surface area is 182 Å². The highest BCUT2D eigenvalue weighted by Gasteiger charge is 2.36. The fraction of sp³-hybridized carbons (Fsp3) is 0.708. The topological polar surface area (TPSA) is 50.8 Å². The summed E-state index contributed by atoms with van der Waals surface area (Å²) in [5.74, 6) is 5.47. The second-order valence-electron chi connectivity index (χ2n) is 9.43. The van der Waals surface area contributed by atoms with Crippen LogP contribution < -0.4 is 9.46 Å². The van der Waals surface area contributed by atoms with Crippen LogP contribution in [0, 0.1) is 0 Å². The number of nitrogens with one attached hydrogen (secondary N) is 1. The molecule has 0 aromatic heterocycles. The van der Waals surface area contributed by atoms with Crippen LogP contribution in [-0.2, 0) is 14.4 Å². The minimum Gasteiger partial charge on any atom is -0.489 e. The summed E-state index contributed by atoms with van der Waals surface area (Å²) < 4.78 is 28.9. The molecule has 0 radical (unpaired) electrons. The van der Waals surface area contributed by atoms with Gasteiger partial charge >= 0.3 is 0 Å². The molecule has 6 heteroatoms. The van der Waals surface area contributed by atoms with Crippen molar-refractivity contribution in [1.82, 2.24) is 9.62 Å². The van der Waals surface area contributed by atoms with Gasteiger partial charge in [-0.25, -0.2) is 4.72 Å². The van der Waals surface area contributed by atoms with Gasteiger partial charge < -0.3 is 9.47 Å². The second-order valence-corrected chi connectivity index (χ2v) is 11.7. The number of para-hydroxylation sites is 1. The Morgan fingerprint density at radius 3 is 2.70 bits per heavy atom. The zero-order valence-corrected chi connectivity index (χ0v) is 19.4. The van der Waals surface area contributed by atoms with Gasteiger partial charge in [0.2, 0.25) is 0 Å². The lowest BCUT2D eigenvalue weighted by atomic mass is 9.82. The van der Waals surface area contributed by atoms with Gasteiger partial charge in [-0.05, 0) is 74.9 Å².